The van der Waals surface area contributed by atoms with E-state index in [0.717, 1.165) is 27.9 Å². The third kappa shape index (κ3) is 3.12. The third-order valence-corrected chi connectivity index (χ3v) is 4.75. The molecule has 0 unspecified atom stereocenters. The molecule has 2 aromatic carbocycles. The first-order chi connectivity index (χ1) is 11.7. The second-order valence-corrected chi connectivity index (χ2v) is 6.07. The van der Waals surface area contributed by atoms with Gasteiger partial charge in [-0.25, -0.2) is 0 Å². The molecular weight excluding hydrogens is 320 g/mol. The molecule has 1 heterocycles. The fourth-order valence-electron chi connectivity index (χ4n) is 2.40. The van der Waals surface area contributed by atoms with E-state index in [1.165, 1.54) is 0 Å². The van der Waals surface area contributed by atoms with Gasteiger partial charge in [0.05, 0.1) is 24.3 Å². The van der Waals surface area contributed by atoms with Crippen molar-refractivity contribution in [2.75, 3.05) is 7.11 Å². The van der Waals surface area contributed by atoms with Crippen LogP contribution < -0.4 is 4.74 Å². The van der Waals surface area contributed by atoms with Crippen LogP contribution >= 0.6 is 11.8 Å². The van der Waals surface area contributed by atoms with Gasteiger partial charge in [-0.1, -0.05) is 42.1 Å². The van der Waals surface area contributed by atoms with Crippen molar-refractivity contribution in [1.29, 1.82) is 5.26 Å². The Morgan fingerprint density at radius 3 is 2.67 bits per heavy atom. The first-order valence-electron chi connectivity index (χ1n) is 7.38. The molecule has 0 atom stereocenters. The SMILES string of the molecule is COc1ccccc1-c1nnc(SCc2ccccc2C#N)n1C. The van der Waals surface area contributed by atoms with Gasteiger partial charge in [0.15, 0.2) is 11.0 Å². The summed E-state index contributed by atoms with van der Waals surface area (Å²) in [5.41, 5.74) is 2.59. The number of hydrogen-bond donors (Lipinski definition) is 0. The summed E-state index contributed by atoms with van der Waals surface area (Å²) in [6.45, 7) is 0. The highest BCUT2D eigenvalue weighted by Gasteiger charge is 2.15. The van der Waals surface area contributed by atoms with Crippen LogP contribution in [0, 0.1) is 11.3 Å². The number of nitrogens with zero attached hydrogens (tertiary/aromatic N) is 4. The van der Waals surface area contributed by atoms with E-state index in [1.807, 2.05) is 60.1 Å². The van der Waals surface area contributed by atoms with Crippen LogP contribution in [0.1, 0.15) is 11.1 Å². The van der Waals surface area contributed by atoms with Gasteiger partial charge in [0, 0.05) is 12.8 Å². The molecular formula is C18H16N4OS. The van der Waals surface area contributed by atoms with E-state index in [4.69, 9.17) is 4.74 Å². The molecule has 0 aliphatic carbocycles. The standard InChI is InChI=1S/C18H16N4OS/c1-22-17(15-9-5-6-10-16(15)23-2)20-21-18(22)24-12-14-8-4-3-7-13(14)11-19/h3-10H,12H2,1-2H3. The molecule has 3 aromatic rings. The molecule has 0 saturated heterocycles. The second kappa shape index (κ2) is 7.20. The Balaban J connectivity index is 1.85. The molecule has 0 N–H and O–H groups in total. The monoisotopic (exact) mass is 336 g/mol. The van der Waals surface area contributed by atoms with Gasteiger partial charge < -0.3 is 9.30 Å². The van der Waals surface area contributed by atoms with Crippen molar-refractivity contribution in [2.45, 2.75) is 10.9 Å². The highest BCUT2D eigenvalue weighted by molar-refractivity contribution is 7.98. The third-order valence-electron chi connectivity index (χ3n) is 3.68. The molecule has 5 nitrogen and oxygen atoms in total. The summed E-state index contributed by atoms with van der Waals surface area (Å²) in [5, 5.41) is 18.5. The van der Waals surface area contributed by atoms with Gasteiger partial charge in [0.2, 0.25) is 0 Å². The van der Waals surface area contributed by atoms with Gasteiger partial charge in [-0.3, -0.25) is 0 Å². The lowest BCUT2D eigenvalue weighted by Crippen LogP contribution is -1.97. The molecule has 24 heavy (non-hydrogen) atoms. The van der Waals surface area contributed by atoms with Crippen LogP contribution in [-0.4, -0.2) is 21.9 Å². The molecule has 3 rings (SSSR count). The molecule has 6 heteroatoms. The van der Waals surface area contributed by atoms with Crippen molar-refractivity contribution >= 4 is 11.8 Å². The lowest BCUT2D eigenvalue weighted by molar-refractivity contribution is 0.416. The summed E-state index contributed by atoms with van der Waals surface area (Å²) < 4.78 is 7.34. The second-order valence-electron chi connectivity index (χ2n) is 5.12. The number of thioether (sulfide) groups is 1. The maximum absolute atomic E-state index is 9.17. The van der Waals surface area contributed by atoms with Crippen molar-refractivity contribution in [2.24, 2.45) is 7.05 Å². The zero-order valence-corrected chi connectivity index (χ0v) is 14.2. The normalized spacial score (nSPS) is 10.4. The maximum Gasteiger partial charge on any atom is 0.191 e. The average molecular weight is 336 g/mol. The van der Waals surface area contributed by atoms with Crippen LogP contribution in [0.25, 0.3) is 11.4 Å². The van der Waals surface area contributed by atoms with Crippen LogP contribution in [0.3, 0.4) is 0 Å². The molecule has 0 bridgehead atoms. The highest BCUT2D eigenvalue weighted by atomic mass is 32.2. The number of nitriles is 1. The summed E-state index contributed by atoms with van der Waals surface area (Å²) in [7, 11) is 3.57. The first-order valence-corrected chi connectivity index (χ1v) is 8.36. The molecule has 0 aliphatic heterocycles. The predicted octanol–water partition coefficient (Wildman–Crippen LogP) is 3.65. The zero-order chi connectivity index (χ0) is 16.9. The van der Waals surface area contributed by atoms with E-state index >= 15 is 0 Å². The van der Waals surface area contributed by atoms with Crippen LogP contribution in [0.2, 0.25) is 0 Å². The van der Waals surface area contributed by atoms with E-state index in [-0.39, 0.29) is 0 Å². The molecule has 1 aromatic heterocycles. The van der Waals surface area contributed by atoms with Crippen LogP contribution in [-0.2, 0) is 12.8 Å². The topological polar surface area (TPSA) is 63.7 Å². The Morgan fingerprint density at radius 1 is 1.12 bits per heavy atom. The van der Waals surface area contributed by atoms with Gasteiger partial charge in [-0.05, 0) is 23.8 Å². The Hall–Kier alpha value is -2.78. The number of hydrogen-bond acceptors (Lipinski definition) is 5. The van der Waals surface area contributed by atoms with Crippen LogP contribution in [0.5, 0.6) is 5.75 Å². The van der Waals surface area contributed by atoms with E-state index in [9.17, 15) is 5.26 Å². The zero-order valence-electron chi connectivity index (χ0n) is 13.4. The maximum atomic E-state index is 9.17. The summed E-state index contributed by atoms with van der Waals surface area (Å²) in [6, 6.07) is 17.5. The highest BCUT2D eigenvalue weighted by Crippen LogP contribution is 2.31. The van der Waals surface area contributed by atoms with E-state index in [1.54, 1.807) is 18.9 Å². The Labute approximate surface area is 144 Å². The summed E-state index contributed by atoms with van der Waals surface area (Å²) in [4.78, 5) is 0. The van der Waals surface area contributed by atoms with Gasteiger partial charge in [-0.15, -0.1) is 10.2 Å². The largest absolute Gasteiger partial charge is 0.496 e. The molecule has 120 valence electrons. The number of aromatic nitrogens is 3. The number of rotatable bonds is 5. The quantitative estimate of drug-likeness (QED) is 0.665. The lowest BCUT2D eigenvalue weighted by atomic mass is 10.1. The molecule has 0 radical (unpaired) electrons. The Bertz CT molecular complexity index is 898. The van der Waals surface area contributed by atoms with Gasteiger partial charge >= 0.3 is 0 Å². The molecule has 0 saturated carbocycles. The first kappa shape index (κ1) is 16.1. The average Bonchev–Trinajstić information content (AvgIpc) is 3.00. The van der Waals surface area contributed by atoms with Gasteiger partial charge in [-0.2, -0.15) is 5.26 Å². The fraction of sp³-hybridized carbons (Fsp3) is 0.167. The molecule has 0 amide bonds. The van der Waals surface area contributed by atoms with Crippen LogP contribution in [0.15, 0.2) is 53.7 Å². The van der Waals surface area contributed by atoms with Crippen molar-refractivity contribution < 1.29 is 4.74 Å². The smallest absolute Gasteiger partial charge is 0.191 e. The summed E-state index contributed by atoms with van der Waals surface area (Å²) in [6.07, 6.45) is 0. The van der Waals surface area contributed by atoms with E-state index in [2.05, 4.69) is 16.3 Å². The summed E-state index contributed by atoms with van der Waals surface area (Å²) in [5.74, 6) is 2.18. The summed E-state index contributed by atoms with van der Waals surface area (Å²) >= 11 is 1.56. The van der Waals surface area contributed by atoms with Gasteiger partial charge in [0.25, 0.3) is 0 Å². The number of ether oxygens (including phenoxy) is 1. The van der Waals surface area contributed by atoms with E-state index in [0.29, 0.717) is 11.3 Å². The molecule has 0 fully saturated rings. The minimum Gasteiger partial charge on any atom is -0.496 e. The van der Waals surface area contributed by atoms with Crippen molar-refractivity contribution in [3.05, 3.63) is 59.7 Å². The Morgan fingerprint density at radius 2 is 1.88 bits per heavy atom. The van der Waals surface area contributed by atoms with Crippen molar-refractivity contribution in [1.82, 2.24) is 14.8 Å². The minimum absolute atomic E-state index is 0.668. The number of para-hydroxylation sites is 1. The Kier molecular flexibility index (Phi) is 4.82. The minimum atomic E-state index is 0.668. The van der Waals surface area contributed by atoms with Crippen molar-refractivity contribution in [3.63, 3.8) is 0 Å². The fourth-order valence-corrected chi connectivity index (χ4v) is 3.32. The van der Waals surface area contributed by atoms with Gasteiger partial charge in [0.1, 0.15) is 5.75 Å². The lowest BCUT2D eigenvalue weighted by Gasteiger charge is -2.08. The molecule has 0 spiro atoms. The van der Waals surface area contributed by atoms with E-state index < -0.39 is 0 Å². The predicted molar refractivity (Wildman–Crippen MR) is 93.7 cm³/mol. The number of methoxy groups -OCH3 is 1. The number of benzene rings is 2. The van der Waals surface area contributed by atoms with Crippen molar-refractivity contribution in [3.8, 4) is 23.2 Å². The molecule has 0 aliphatic rings. The van der Waals surface area contributed by atoms with Crippen LogP contribution in [0.4, 0.5) is 0 Å².